The van der Waals surface area contributed by atoms with Crippen molar-refractivity contribution in [3.8, 4) is 0 Å². The molecule has 2 heterocycles. The molecule has 0 radical (unpaired) electrons. The standard InChI is InChI=1S/C26H39N3O3/c1-18(2)19-8-10-20(11-9-19)23-21-6-4-5-7-22(21)26(12-14-28-15-13-26)24(30)29(23)16-17-32-25(31)27-3/h4-7,18-20,23,28H,8-17H2,1-3H3,(H,27,31). The van der Waals surface area contributed by atoms with Crippen LogP contribution in [0.4, 0.5) is 4.79 Å². The largest absolute Gasteiger partial charge is 0.448 e. The molecule has 2 amide bonds. The average molecular weight is 442 g/mol. The zero-order valence-corrected chi connectivity index (χ0v) is 19.9. The molecule has 32 heavy (non-hydrogen) atoms. The van der Waals surface area contributed by atoms with Crippen molar-refractivity contribution in [3.05, 3.63) is 35.4 Å². The Balaban J connectivity index is 1.67. The minimum absolute atomic E-state index is 0.0700. The molecule has 6 nitrogen and oxygen atoms in total. The molecule has 6 heteroatoms. The lowest BCUT2D eigenvalue weighted by Gasteiger charge is -2.52. The van der Waals surface area contributed by atoms with E-state index in [0.717, 1.165) is 44.7 Å². The van der Waals surface area contributed by atoms with E-state index in [1.54, 1.807) is 7.05 Å². The normalized spacial score (nSPS) is 27.3. The zero-order valence-electron chi connectivity index (χ0n) is 19.9. The molecule has 0 bridgehead atoms. The third-order valence-electron chi connectivity index (χ3n) is 8.23. The molecule has 176 valence electrons. The maximum absolute atomic E-state index is 14.2. The van der Waals surface area contributed by atoms with Gasteiger partial charge in [0.2, 0.25) is 5.91 Å². The number of fused-ring (bicyclic) bond motifs is 2. The molecule has 1 unspecified atom stereocenters. The Morgan fingerprint density at radius 2 is 1.88 bits per heavy atom. The quantitative estimate of drug-likeness (QED) is 0.724. The van der Waals surface area contributed by atoms with Crippen molar-refractivity contribution < 1.29 is 14.3 Å². The van der Waals surface area contributed by atoms with Gasteiger partial charge in [-0.15, -0.1) is 0 Å². The smallest absolute Gasteiger partial charge is 0.406 e. The Morgan fingerprint density at radius 3 is 2.53 bits per heavy atom. The van der Waals surface area contributed by atoms with Crippen molar-refractivity contribution in [2.24, 2.45) is 17.8 Å². The van der Waals surface area contributed by atoms with Gasteiger partial charge >= 0.3 is 6.09 Å². The summed E-state index contributed by atoms with van der Waals surface area (Å²) in [5.74, 6) is 2.18. The minimum atomic E-state index is -0.458. The number of benzene rings is 1. The van der Waals surface area contributed by atoms with Gasteiger partial charge in [-0.3, -0.25) is 4.79 Å². The lowest BCUT2D eigenvalue weighted by Crippen LogP contribution is -2.58. The van der Waals surface area contributed by atoms with E-state index in [2.05, 4.69) is 53.6 Å². The maximum atomic E-state index is 14.2. The Kier molecular flexibility index (Phi) is 7.08. The summed E-state index contributed by atoms with van der Waals surface area (Å²) in [6.07, 6.45) is 5.96. The molecule has 1 saturated carbocycles. The van der Waals surface area contributed by atoms with Crippen LogP contribution < -0.4 is 10.6 Å². The molecular weight excluding hydrogens is 402 g/mol. The molecule has 1 saturated heterocycles. The Morgan fingerprint density at radius 1 is 1.19 bits per heavy atom. The predicted molar refractivity (Wildman–Crippen MR) is 125 cm³/mol. The van der Waals surface area contributed by atoms with Crippen LogP contribution in [0.1, 0.15) is 69.5 Å². The van der Waals surface area contributed by atoms with Crippen molar-refractivity contribution in [1.82, 2.24) is 15.5 Å². The van der Waals surface area contributed by atoms with Gasteiger partial charge < -0.3 is 20.3 Å². The molecule has 1 aliphatic carbocycles. The molecule has 4 rings (SSSR count). The van der Waals surface area contributed by atoms with Crippen molar-refractivity contribution in [1.29, 1.82) is 0 Å². The van der Waals surface area contributed by atoms with Gasteiger partial charge in [0.15, 0.2) is 0 Å². The van der Waals surface area contributed by atoms with Crippen LogP contribution in [0, 0.1) is 17.8 Å². The summed E-state index contributed by atoms with van der Waals surface area (Å²) >= 11 is 0. The second kappa shape index (κ2) is 9.82. The topological polar surface area (TPSA) is 70.7 Å². The number of piperidine rings is 1. The highest BCUT2D eigenvalue weighted by atomic mass is 16.5. The number of hydrogen-bond acceptors (Lipinski definition) is 4. The molecule has 2 fully saturated rings. The van der Waals surface area contributed by atoms with Crippen LogP contribution in [0.2, 0.25) is 0 Å². The number of amides is 2. The van der Waals surface area contributed by atoms with Gasteiger partial charge in [-0.1, -0.05) is 38.1 Å². The molecule has 0 aromatic heterocycles. The third kappa shape index (κ3) is 4.26. The highest BCUT2D eigenvalue weighted by molar-refractivity contribution is 5.91. The van der Waals surface area contributed by atoms with Crippen molar-refractivity contribution in [2.75, 3.05) is 33.3 Å². The summed E-state index contributed by atoms with van der Waals surface area (Å²) in [5, 5.41) is 5.93. The van der Waals surface area contributed by atoms with E-state index < -0.39 is 11.5 Å². The van der Waals surface area contributed by atoms with Crippen LogP contribution in [0.3, 0.4) is 0 Å². The first-order chi connectivity index (χ1) is 15.5. The summed E-state index contributed by atoms with van der Waals surface area (Å²) < 4.78 is 5.33. The zero-order chi connectivity index (χ0) is 22.7. The van der Waals surface area contributed by atoms with E-state index in [0.29, 0.717) is 18.4 Å². The fraction of sp³-hybridized carbons (Fsp3) is 0.692. The number of carbonyl (C=O) groups excluding carboxylic acids is 2. The monoisotopic (exact) mass is 441 g/mol. The number of alkyl carbamates (subject to hydrolysis) is 1. The van der Waals surface area contributed by atoms with E-state index in [1.807, 2.05) is 0 Å². The number of carbonyl (C=O) groups is 2. The van der Waals surface area contributed by atoms with Gasteiger partial charge in [-0.25, -0.2) is 4.79 Å². The predicted octanol–water partition coefficient (Wildman–Crippen LogP) is 4.01. The first-order valence-corrected chi connectivity index (χ1v) is 12.4. The van der Waals surface area contributed by atoms with Gasteiger partial charge in [0.25, 0.3) is 0 Å². The van der Waals surface area contributed by atoms with E-state index >= 15 is 0 Å². The summed E-state index contributed by atoms with van der Waals surface area (Å²) in [7, 11) is 1.56. The van der Waals surface area contributed by atoms with E-state index in [1.165, 1.54) is 24.0 Å². The van der Waals surface area contributed by atoms with Gasteiger partial charge in [-0.2, -0.15) is 0 Å². The number of hydrogen-bond donors (Lipinski definition) is 2. The molecule has 1 aromatic carbocycles. The Labute approximate surface area is 192 Å². The molecule has 1 atom stereocenters. The van der Waals surface area contributed by atoms with Crippen LogP contribution in [0.15, 0.2) is 24.3 Å². The van der Waals surface area contributed by atoms with Crippen LogP contribution in [0.25, 0.3) is 0 Å². The lowest BCUT2D eigenvalue weighted by atomic mass is 9.64. The number of rotatable bonds is 5. The van der Waals surface area contributed by atoms with Gasteiger partial charge in [-0.05, 0) is 80.5 Å². The highest BCUT2D eigenvalue weighted by Crippen LogP contribution is 2.51. The first kappa shape index (κ1) is 23.1. The average Bonchev–Trinajstić information content (AvgIpc) is 2.83. The van der Waals surface area contributed by atoms with Crippen molar-refractivity contribution in [2.45, 2.75) is 63.8 Å². The number of nitrogens with zero attached hydrogens (tertiary/aromatic N) is 1. The molecule has 3 aliphatic rings. The summed E-state index contributed by atoms with van der Waals surface area (Å²) in [6, 6.07) is 8.73. The van der Waals surface area contributed by atoms with E-state index in [9.17, 15) is 9.59 Å². The van der Waals surface area contributed by atoms with Crippen molar-refractivity contribution >= 4 is 12.0 Å². The number of nitrogens with one attached hydrogen (secondary N) is 2. The van der Waals surface area contributed by atoms with E-state index in [4.69, 9.17) is 4.74 Å². The third-order valence-corrected chi connectivity index (χ3v) is 8.23. The Bertz CT molecular complexity index is 810. The van der Waals surface area contributed by atoms with Crippen LogP contribution in [-0.4, -0.2) is 50.2 Å². The van der Waals surface area contributed by atoms with Gasteiger partial charge in [0.1, 0.15) is 6.61 Å². The SMILES string of the molecule is CNC(=O)OCCN1C(=O)C2(CCNCC2)c2ccccc2C1C1CCC(C(C)C)CC1. The van der Waals surface area contributed by atoms with E-state index in [-0.39, 0.29) is 18.6 Å². The number of ether oxygens (including phenoxy) is 1. The fourth-order valence-electron chi connectivity index (χ4n) is 6.40. The summed E-state index contributed by atoms with van der Waals surface area (Å²) in [4.78, 5) is 27.9. The second-order valence-corrected chi connectivity index (χ2v) is 10.2. The summed E-state index contributed by atoms with van der Waals surface area (Å²) in [5.41, 5.74) is 2.11. The molecular formula is C26H39N3O3. The van der Waals surface area contributed by atoms with Crippen LogP contribution in [0.5, 0.6) is 0 Å². The van der Waals surface area contributed by atoms with Crippen LogP contribution >= 0.6 is 0 Å². The maximum Gasteiger partial charge on any atom is 0.406 e. The second-order valence-electron chi connectivity index (χ2n) is 10.2. The minimum Gasteiger partial charge on any atom is -0.448 e. The highest BCUT2D eigenvalue weighted by Gasteiger charge is 2.52. The molecule has 2 N–H and O–H groups in total. The van der Waals surface area contributed by atoms with Gasteiger partial charge in [0, 0.05) is 7.05 Å². The molecule has 1 spiro atoms. The van der Waals surface area contributed by atoms with Gasteiger partial charge in [0.05, 0.1) is 18.0 Å². The molecule has 1 aromatic rings. The molecule has 2 aliphatic heterocycles. The fourth-order valence-corrected chi connectivity index (χ4v) is 6.40. The Hall–Kier alpha value is -2.08. The first-order valence-electron chi connectivity index (χ1n) is 12.4. The lowest BCUT2D eigenvalue weighted by molar-refractivity contribution is -0.146. The van der Waals surface area contributed by atoms with Crippen LogP contribution in [-0.2, 0) is 14.9 Å². The van der Waals surface area contributed by atoms with Crippen molar-refractivity contribution in [3.63, 3.8) is 0 Å². The summed E-state index contributed by atoms with van der Waals surface area (Å²) in [6.45, 7) is 7.03.